The van der Waals surface area contributed by atoms with Crippen molar-refractivity contribution in [2.24, 2.45) is 5.92 Å². The third-order valence-electron chi connectivity index (χ3n) is 6.38. The van der Waals surface area contributed by atoms with Gasteiger partial charge in [0, 0.05) is 12.1 Å². The molecule has 1 saturated heterocycles. The molecule has 0 spiro atoms. The van der Waals surface area contributed by atoms with E-state index in [1.54, 1.807) is 24.3 Å². The number of ether oxygens (including phenoxy) is 1. The number of likely N-dealkylation sites (tertiary alicyclic amines) is 1. The Hall–Kier alpha value is -2.41. The Balaban J connectivity index is 1.45. The number of rotatable bonds is 6. The minimum atomic E-state index is -0.368. The Morgan fingerprint density at radius 2 is 1.86 bits per heavy atom. The molecule has 2 amide bonds. The Morgan fingerprint density at radius 3 is 2.62 bits per heavy atom. The fourth-order valence-electron chi connectivity index (χ4n) is 4.78. The van der Waals surface area contributed by atoms with Crippen molar-refractivity contribution < 1.29 is 19.1 Å². The molecule has 0 radical (unpaired) electrons. The standard InChI is InChI=1S/C22H29N3O4/c1-29-22(28)19-12-14-6-2-5-9-18(14)25(19)13-20(26)24-17-8-4-3-7-16(17)21(27)23-15-10-11-15/h3-4,7-8,14-15,18-19H,2,5-6,9-13H2,1H3,(H,23,27)(H,24,26)/t14-,18-,19-/m0/s1. The summed E-state index contributed by atoms with van der Waals surface area (Å²) in [6.07, 6.45) is 7.17. The van der Waals surface area contributed by atoms with E-state index in [1.807, 2.05) is 4.90 Å². The van der Waals surface area contributed by atoms with Crippen molar-refractivity contribution >= 4 is 23.5 Å². The van der Waals surface area contributed by atoms with Gasteiger partial charge in [0.2, 0.25) is 5.91 Å². The molecule has 0 bridgehead atoms. The predicted octanol–water partition coefficient (Wildman–Crippen LogP) is 2.32. The van der Waals surface area contributed by atoms with E-state index in [1.165, 1.54) is 13.5 Å². The van der Waals surface area contributed by atoms with Gasteiger partial charge < -0.3 is 15.4 Å². The van der Waals surface area contributed by atoms with Crippen molar-refractivity contribution in [3.8, 4) is 0 Å². The molecular formula is C22H29N3O4. The number of anilines is 1. The lowest BCUT2D eigenvalue weighted by molar-refractivity contribution is -0.146. The molecule has 156 valence electrons. The minimum Gasteiger partial charge on any atom is -0.468 e. The lowest BCUT2D eigenvalue weighted by atomic mass is 9.85. The highest BCUT2D eigenvalue weighted by Crippen LogP contribution is 2.39. The second kappa shape index (κ2) is 8.53. The van der Waals surface area contributed by atoms with Gasteiger partial charge in [-0.3, -0.25) is 19.3 Å². The second-order valence-electron chi connectivity index (χ2n) is 8.40. The van der Waals surface area contributed by atoms with Crippen molar-refractivity contribution in [3.63, 3.8) is 0 Å². The first kappa shape index (κ1) is 19.9. The molecule has 1 aromatic carbocycles. The molecule has 0 aromatic heterocycles. The zero-order valence-corrected chi connectivity index (χ0v) is 16.9. The van der Waals surface area contributed by atoms with Crippen LogP contribution in [0.2, 0.25) is 0 Å². The minimum absolute atomic E-state index is 0.125. The molecule has 7 heteroatoms. The Labute approximate surface area is 171 Å². The number of hydrogen-bond acceptors (Lipinski definition) is 5. The van der Waals surface area contributed by atoms with E-state index in [9.17, 15) is 14.4 Å². The van der Waals surface area contributed by atoms with Crippen molar-refractivity contribution in [2.45, 2.75) is 63.1 Å². The third-order valence-corrected chi connectivity index (χ3v) is 6.38. The molecule has 1 aliphatic heterocycles. The number of nitrogens with zero attached hydrogens (tertiary/aromatic N) is 1. The summed E-state index contributed by atoms with van der Waals surface area (Å²) >= 11 is 0. The smallest absolute Gasteiger partial charge is 0.323 e. The van der Waals surface area contributed by atoms with Gasteiger partial charge in [0.1, 0.15) is 6.04 Å². The zero-order chi connectivity index (χ0) is 20.4. The van der Waals surface area contributed by atoms with E-state index < -0.39 is 0 Å². The van der Waals surface area contributed by atoms with E-state index in [4.69, 9.17) is 4.74 Å². The van der Waals surface area contributed by atoms with Crippen LogP contribution >= 0.6 is 0 Å². The number of carbonyl (C=O) groups is 3. The van der Waals surface area contributed by atoms with Gasteiger partial charge in [-0.2, -0.15) is 0 Å². The summed E-state index contributed by atoms with van der Waals surface area (Å²) in [5, 5.41) is 5.85. The van der Waals surface area contributed by atoms with E-state index in [0.717, 1.165) is 38.5 Å². The predicted molar refractivity (Wildman–Crippen MR) is 108 cm³/mol. The molecule has 2 N–H and O–H groups in total. The number of benzene rings is 1. The average Bonchev–Trinajstić information content (AvgIpc) is 3.47. The molecule has 1 heterocycles. The molecule has 29 heavy (non-hydrogen) atoms. The Kier molecular flexibility index (Phi) is 5.85. The van der Waals surface area contributed by atoms with Gasteiger partial charge in [-0.15, -0.1) is 0 Å². The number of methoxy groups -OCH3 is 1. The average molecular weight is 399 g/mol. The maximum Gasteiger partial charge on any atom is 0.323 e. The van der Waals surface area contributed by atoms with Gasteiger partial charge in [0.05, 0.1) is 24.9 Å². The van der Waals surface area contributed by atoms with Crippen molar-refractivity contribution in [3.05, 3.63) is 29.8 Å². The zero-order valence-electron chi connectivity index (χ0n) is 16.9. The molecule has 7 nitrogen and oxygen atoms in total. The lowest BCUT2D eigenvalue weighted by Crippen LogP contribution is -2.46. The summed E-state index contributed by atoms with van der Waals surface area (Å²) in [4.78, 5) is 39.7. The molecule has 2 saturated carbocycles. The van der Waals surface area contributed by atoms with Crippen LogP contribution in [0.25, 0.3) is 0 Å². The van der Waals surface area contributed by atoms with Gasteiger partial charge in [0.25, 0.3) is 5.91 Å². The van der Waals surface area contributed by atoms with Gasteiger partial charge in [0.15, 0.2) is 0 Å². The van der Waals surface area contributed by atoms with Gasteiger partial charge in [-0.1, -0.05) is 25.0 Å². The van der Waals surface area contributed by atoms with Crippen LogP contribution in [0.3, 0.4) is 0 Å². The van der Waals surface area contributed by atoms with Crippen LogP contribution in [-0.2, 0) is 14.3 Å². The summed E-state index contributed by atoms with van der Waals surface area (Å²) in [7, 11) is 1.40. The Morgan fingerprint density at radius 1 is 1.10 bits per heavy atom. The summed E-state index contributed by atoms with van der Waals surface area (Å²) < 4.78 is 5.00. The van der Waals surface area contributed by atoms with Crippen LogP contribution in [0.1, 0.15) is 55.3 Å². The molecule has 3 aliphatic rings. The number of para-hydroxylation sites is 1. The van der Waals surface area contributed by atoms with Crippen molar-refractivity contribution in [1.29, 1.82) is 0 Å². The quantitative estimate of drug-likeness (QED) is 0.717. The molecular weight excluding hydrogens is 370 g/mol. The molecule has 3 atom stereocenters. The molecule has 2 aliphatic carbocycles. The van der Waals surface area contributed by atoms with E-state index in [0.29, 0.717) is 17.2 Å². The lowest BCUT2D eigenvalue weighted by Gasteiger charge is -2.32. The molecule has 0 unspecified atom stereocenters. The summed E-state index contributed by atoms with van der Waals surface area (Å²) in [6.45, 7) is 0.125. The number of esters is 1. The molecule has 3 fully saturated rings. The SMILES string of the molecule is COC(=O)[C@@H]1C[C@@H]2CCCC[C@@H]2N1CC(=O)Nc1ccccc1C(=O)NC1CC1. The normalized spacial score (nSPS) is 26.4. The number of carbonyl (C=O) groups excluding carboxylic acids is 3. The summed E-state index contributed by atoms with van der Waals surface area (Å²) in [5.41, 5.74) is 0.971. The second-order valence-corrected chi connectivity index (χ2v) is 8.40. The van der Waals surface area contributed by atoms with Crippen LogP contribution in [0.15, 0.2) is 24.3 Å². The maximum absolute atomic E-state index is 12.9. The van der Waals surface area contributed by atoms with E-state index in [-0.39, 0.29) is 42.5 Å². The Bertz CT molecular complexity index is 792. The molecule has 1 aromatic rings. The van der Waals surface area contributed by atoms with E-state index >= 15 is 0 Å². The number of fused-ring (bicyclic) bond motifs is 1. The number of hydrogen-bond donors (Lipinski definition) is 2. The summed E-state index contributed by atoms with van der Waals surface area (Å²) in [5.74, 6) is -0.199. The first-order valence-corrected chi connectivity index (χ1v) is 10.6. The van der Waals surface area contributed by atoms with Gasteiger partial charge >= 0.3 is 5.97 Å². The van der Waals surface area contributed by atoms with Crippen molar-refractivity contribution in [1.82, 2.24) is 10.2 Å². The number of nitrogens with one attached hydrogen (secondary N) is 2. The van der Waals surface area contributed by atoms with E-state index in [2.05, 4.69) is 10.6 Å². The topological polar surface area (TPSA) is 87.7 Å². The highest BCUT2D eigenvalue weighted by Gasteiger charge is 2.46. The van der Waals surface area contributed by atoms with Crippen LogP contribution in [0.5, 0.6) is 0 Å². The monoisotopic (exact) mass is 399 g/mol. The van der Waals surface area contributed by atoms with Gasteiger partial charge in [-0.25, -0.2) is 0 Å². The largest absolute Gasteiger partial charge is 0.468 e. The highest BCUT2D eigenvalue weighted by atomic mass is 16.5. The first-order valence-electron chi connectivity index (χ1n) is 10.6. The van der Waals surface area contributed by atoms with Gasteiger partial charge in [-0.05, 0) is 50.2 Å². The molecule has 4 rings (SSSR count). The van der Waals surface area contributed by atoms with Crippen LogP contribution in [0.4, 0.5) is 5.69 Å². The third kappa shape index (κ3) is 4.45. The fraction of sp³-hybridized carbons (Fsp3) is 0.591. The van der Waals surface area contributed by atoms with Crippen molar-refractivity contribution in [2.75, 3.05) is 19.0 Å². The van der Waals surface area contributed by atoms with Crippen LogP contribution in [0, 0.1) is 5.92 Å². The number of amides is 2. The maximum atomic E-state index is 12.9. The van der Waals surface area contributed by atoms with Crippen LogP contribution < -0.4 is 10.6 Å². The van der Waals surface area contributed by atoms with Crippen LogP contribution in [-0.4, -0.2) is 54.5 Å². The summed E-state index contributed by atoms with van der Waals surface area (Å²) in [6, 6.07) is 7.17. The first-order chi connectivity index (χ1) is 14.1. The highest BCUT2D eigenvalue weighted by molar-refractivity contribution is 6.04. The fourth-order valence-corrected chi connectivity index (χ4v) is 4.78.